The summed E-state index contributed by atoms with van der Waals surface area (Å²) in [6.07, 6.45) is 5.90. The number of aryl methyl sites for hydroxylation is 1. The molecule has 0 spiro atoms. The van der Waals surface area contributed by atoms with E-state index >= 15 is 0 Å². The summed E-state index contributed by atoms with van der Waals surface area (Å²) >= 11 is 0. The predicted molar refractivity (Wildman–Crippen MR) is 83.9 cm³/mol. The fraction of sp³-hybridized carbons (Fsp3) is 0.467. The molecule has 1 aliphatic heterocycles. The van der Waals surface area contributed by atoms with Crippen LogP contribution in [0.5, 0.6) is 5.88 Å². The van der Waals surface area contributed by atoms with E-state index in [1.165, 1.54) is 0 Å². The minimum Gasteiger partial charge on any atom is -0.481 e. The van der Waals surface area contributed by atoms with Crippen molar-refractivity contribution >= 4 is 11.9 Å². The molecule has 0 aliphatic carbocycles. The first-order valence-corrected chi connectivity index (χ1v) is 7.43. The lowest BCUT2D eigenvalue weighted by Gasteiger charge is -2.24. The Hall–Kier alpha value is -2.64. The van der Waals surface area contributed by atoms with Crippen LogP contribution in [0.1, 0.15) is 18.0 Å². The van der Waals surface area contributed by atoms with E-state index in [-0.39, 0.29) is 17.9 Å². The highest BCUT2D eigenvalue weighted by atomic mass is 16.5. The van der Waals surface area contributed by atoms with E-state index in [4.69, 9.17) is 4.74 Å². The highest BCUT2D eigenvalue weighted by Crippen LogP contribution is 2.36. The molecule has 0 radical (unpaired) electrons. The third-order valence-corrected chi connectivity index (χ3v) is 4.12. The van der Waals surface area contributed by atoms with Crippen LogP contribution in [0, 0.1) is 5.92 Å². The molecule has 2 atom stereocenters. The number of nitrogens with zero attached hydrogens (tertiary/aromatic N) is 5. The van der Waals surface area contributed by atoms with Crippen molar-refractivity contribution in [3.05, 3.63) is 30.2 Å². The zero-order valence-electron chi connectivity index (χ0n) is 13.4. The SMILES string of the molecule is COc1ccnc(NC[C@@H]2CC(=O)N(C)[C@H]2c2cnn(C)c2)n1. The van der Waals surface area contributed by atoms with E-state index in [0.29, 0.717) is 24.8 Å². The van der Waals surface area contributed by atoms with Crippen molar-refractivity contribution in [2.75, 3.05) is 26.0 Å². The third-order valence-electron chi connectivity index (χ3n) is 4.12. The molecular weight excluding hydrogens is 296 g/mol. The Morgan fingerprint density at radius 2 is 2.26 bits per heavy atom. The number of hydrogen-bond acceptors (Lipinski definition) is 6. The monoisotopic (exact) mass is 316 g/mol. The van der Waals surface area contributed by atoms with Crippen molar-refractivity contribution in [3.8, 4) is 5.88 Å². The standard InChI is InChI=1S/C15H20N6O2/c1-20-9-11(8-18-20)14-10(6-13(22)21(14)2)7-17-15-16-5-4-12(19-15)23-3/h4-5,8-10,14H,6-7H2,1-3H3,(H,16,17,19)/t10-,14+/m0/s1. The van der Waals surface area contributed by atoms with E-state index in [2.05, 4.69) is 20.4 Å². The number of anilines is 1. The highest BCUT2D eigenvalue weighted by Gasteiger charge is 2.38. The second-order valence-corrected chi connectivity index (χ2v) is 5.66. The van der Waals surface area contributed by atoms with Crippen molar-refractivity contribution in [1.29, 1.82) is 0 Å². The molecule has 3 heterocycles. The average Bonchev–Trinajstić information content (AvgIpc) is 3.09. The number of nitrogens with one attached hydrogen (secondary N) is 1. The van der Waals surface area contributed by atoms with Crippen molar-refractivity contribution in [1.82, 2.24) is 24.6 Å². The Labute approximate surface area is 134 Å². The lowest BCUT2D eigenvalue weighted by Crippen LogP contribution is -2.26. The number of aromatic nitrogens is 4. The van der Waals surface area contributed by atoms with Crippen LogP contribution >= 0.6 is 0 Å². The maximum absolute atomic E-state index is 12.1. The summed E-state index contributed by atoms with van der Waals surface area (Å²) in [5.74, 6) is 1.27. The first-order chi connectivity index (χ1) is 11.1. The lowest BCUT2D eigenvalue weighted by molar-refractivity contribution is -0.127. The Bertz CT molecular complexity index is 701. The average molecular weight is 316 g/mol. The van der Waals surface area contributed by atoms with Crippen LogP contribution in [0.3, 0.4) is 0 Å². The topological polar surface area (TPSA) is 85.2 Å². The van der Waals surface area contributed by atoms with Gasteiger partial charge < -0.3 is 15.0 Å². The second kappa shape index (κ2) is 6.23. The van der Waals surface area contributed by atoms with Gasteiger partial charge in [0, 0.05) is 57.0 Å². The van der Waals surface area contributed by atoms with Gasteiger partial charge in [-0.1, -0.05) is 0 Å². The molecule has 23 heavy (non-hydrogen) atoms. The summed E-state index contributed by atoms with van der Waals surface area (Å²) in [5, 5.41) is 7.41. The minimum atomic E-state index is 0.00862. The van der Waals surface area contributed by atoms with Crippen LogP contribution in [0.4, 0.5) is 5.95 Å². The van der Waals surface area contributed by atoms with Gasteiger partial charge in [0.1, 0.15) is 0 Å². The van der Waals surface area contributed by atoms with Gasteiger partial charge in [0.15, 0.2) is 0 Å². The Balaban J connectivity index is 1.73. The predicted octanol–water partition coefficient (Wildman–Crippen LogP) is 0.850. The van der Waals surface area contributed by atoms with Gasteiger partial charge in [0.05, 0.1) is 19.3 Å². The van der Waals surface area contributed by atoms with E-state index in [0.717, 1.165) is 5.56 Å². The third kappa shape index (κ3) is 3.10. The fourth-order valence-corrected chi connectivity index (χ4v) is 2.99. The number of ether oxygens (including phenoxy) is 1. The van der Waals surface area contributed by atoms with E-state index in [1.807, 2.05) is 26.5 Å². The summed E-state index contributed by atoms with van der Waals surface area (Å²) in [5.41, 5.74) is 1.04. The Morgan fingerprint density at radius 1 is 1.43 bits per heavy atom. The van der Waals surface area contributed by atoms with Crippen molar-refractivity contribution in [2.24, 2.45) is 13.0 Å². The van der Waals surface area contributed by atoms with Crippen LogP contribution in [0.2, 0.25) is 0 Å². The van der Waals surface area contributed by atoms with Gasteiger partial charge in [-0.3, -0.25) is 9.48 Å². The first kappa shape index (κ1) is 15.3. The summed E-state index contributed by atoms with van der Waals surface area (Å²) in [4.78, 5) is 22.3. The molecule has 0 bridgehead atoms. The minimum absolute atomic E-state index is 0.00862. The zero-order valence-corrected chi connectivity index (χ0v) is 13.4. The van der Waals surface area contributed by atoms with Crippen LogP contribution in [-0.2, 0) is 11.8 Å². The molecule has 1 fully saturated rings. The van der Waals surface area contributed by atoms with Gasteiger partial charge >= 0.3 is 0 Å². The molecule has 0 aromatic carbocycles. The summed E-state index contributed by atoms with van der Waals surface area (Å²) in [6, 6.07) is 1.70. The van der Waals surface area contributed by atoms with Gasteiger partial charge in [0.2, 0.25) is 17.7 Å². The van der Waals surface area contributed by atoms with Crippen LogP contribution < -0.4 is 10.1 Å². The maximum Gasteiger partial charge on any atom is 0.225 e. The van der Waals surface area contributed by atoms with Gasteiger partial charge in [-0.05, 0) is 0 Å². The zero-order chi connectivity index (χ0) is 16.4. The van der Waals surface area contributed by atoms with Crippen molar-refractivity contribution < 1.29 is 9.53 Å². The molecule has 0 saturated carbocycles. The van der Waals surface area contributed by atoms with Gasteiger partial charge in [-0.2, -0.15) is 10.1 Å². The summed E-state index contributed by atoms with van der Waals surface area (Å²) < 4.78 is 6.84. The molecule has 8 heteroatoms. The largest absolute Gasteiger partial charge is 0.481 e. The molecule has 122 valence electrons. The first-order valence-electron chi connectivity index (χ1n) is 7.43. The molecule has 1 saturated heterocycles. The summed E-state index contributed by atoms with van der Waals surface area (Å²) in [6.45, 7) is 0.600. The number of amides is 1. The highest BCUT2D eigenvalue weighted by molar-refractivity contribution is 5.79. The van der Waals surface area contributed by atoms with Crippen LogP contribution in [-0.4, -0.2) is 51.3 Å². The molecule has 2 aromatic heterocycles. The number of methoxy groups -OCH3 is 1. The van der Waals surface area contributed by atoms with Crippen LogP contribution in [0.15, 0.2) is 24.7 Å². The molecule has 2 aromatic rings. The van der Waals surface area contributed by atoms with Crippen molar-refractivity contribution in [3.63, 3.8) is 0 Å². The lowest BCUT2D eigenvalue weighted by atomic mass is 9.96. The normalized spacial score (nSPS) is 20.8. The van der Waals surface area contributed by atoms with Gasteiger partial charge in [-0.25, -0.2) is 4.98 Å². The summed E-state index contributed by atoms with van der Waals surface area (Å²) in [7, 11) is 5.27. The Kier molecular flexibility index (Phi) is 4.14. The van der Waals surface area contributed by atoms with E-state index < -0.39 is 0 Å². The molecule has 3 rings (SSSR count). The quantitative estimate of drug-likeness (QED) is 0.880. The van der Waals surface area contributed by atoms with E-state index in [1.54, 1.807) is 29.0 Å². The molecule has 1 N–H and O–H groups in total. The second-order valence-electron chi connectivity index (χ2n) is 5.66. The maximum atomic E-state index is 12.1. The number of hydrogen-bond donors (Lipinski definition) is 1. The fourth-order valence-electron chi connectivity index (χ4n) is 2.99. The number of likely N-dealkylation sites (tertiary alicyclic amines) is 1. The van der Waals surface area contributed by atoms with Crippen LogP contribution in [0.25, 0.3) is 0 Å². The molecule has 0 unspecified atom stereocenters. The Morgan fingerprint density at radius 3 is 2.96 bits per heavy atom. The van der Waals surface area contributed by atoms with E-state index in [9.17, 15) is 4.79 Å². The molecular formula is C15H20N6O2. The molecule has 1 aliphatic rings. The number of carbonyl (C=O) groups is 1. The van der Waals surface area contributed by atoms with Crippen molar-refractivity contribution in [2.45, 2.75) is 12.5 Å². The molecule has 8 nitrogen and oxygen atoms in total. The number of rotatable bonds is 5. The number of carbonyl (C=O) groups excluding carboxylic acids is 1. The van der Waals surface area contributed by atoms with Gasteiger partial charge in [0.25, 0.3) is 0 Å². The smallest absolute Gasteiger partial charge is 0.225 e. The van der Waals surface area contributed by atoms with Gasteiger partial charge in [-0.15, -0.1) is 0 Å². The molecule has 1 amide bonds.